The van der Waals surface area contributed by atoms with Gasteiger partial charge >= 0.3 is 0 Å². The first-order valence-corrected chi connectivity index (χ1v) is 6.42. The molecule has 0 saturated heterocycles. The van der Waals surface area contributed by atoms with E-state index in [1.165, 1.54) is 32.7 Å². The molecule has 20 heavy (non-hydrogen) atoms. The number of benzene rings is 2. The first-order valence-electron chi connectivity index (χ1n) is 6.42. The zero-order chi connectivity index (χ0) is 11.8. The first kappa shape index (κ1) is 19.8. The third kappa shape index (κ3) is 3.50. The van der Waals surface area contributed by atoms with Crippen molar-refractivity contribution in [3.05, 3.63) is 53.6 Å². The summed E-state index contributed by atoms with van der Waals surface area (Å²) in [6, 6.07) is 16.0. The monoisotopic (exact) mass is 383 g/mol. The summed E-state index contributed by atoms with van der Waals surface area (Å²) in [6.07, 6.45) is 2.22. The fourth-order valence-corrected chi connectivity index (χ4v) is 2.56. The average molecular weight is 385 g/mol. The second kappa shape index (κ2) is 8.27. The predicted octanol–water partition coefficient (Wildman–Crippen LogP) is 5.68. The van der Waals surface area contributed by atoms with Gasteiger partial charge < -0.3 is 0 Å². The molecule has 0 nitrogen and oxygen atoms in total. The Morgan fingerprint density at radius 3 is 1.50 bits per heavy atom. The summed E-state index contributed by atoms with van der Waals surface area (Å²) in [5.74, 6) is 0. The largest absolute Gasteiger partial charge is 0.147 e. The van der Waals surface area contributed by atoms with Crippen molar-refractivity contribution in [3.8, 4) is 0 Å². The summed E-state index contributed by atoms with van der Waals surface area (Å²) < 4.78 is 0. The van der Waals surface area contributed by atoms with Crippen LogP contribution in [0.1, 0.15) is 25.0 Å². The minimum Gasteiger partial charge on any atom is -0.147 e. The van der Waals surface area contributed by atoms with E-state index in [1.54, 1.807) is 0 Å². The van der Waals surface area contributed by atoms with Gasteiger partial charge in [0.2, 0.25) is 0 Å². The molecule has 0 unspecified atom stereocenters. The topological polar surface area (TPSA) is 0 Å². The van der Waals surface area contributed by atoms with Gasteiger partial charge in [-0.05, 0) is 12.8 Å². The van der Waals surface area contributed by atoms with E-state index in [4.69, 9.17) is 0 Å². The molecule has 3 rings (SSSR count). The Morgan fingerprint density at radius 2 is 1.15 bits per heavy atom. The molecule has 3 aromatic carbocycles. The van der Waals surface area contributed by atoms with Crippen LogP contribution in [0.3, 0.4) is 0 Å². The summed E-state index contributed by atoms with van der Waals surface area (Å²) in [4.78, 5) is 0. The molecule has 0 aliphatic carbocycles. The zero-order valence-corrected chi connectivity index (χ0v) is 15.9. The van der Waals surface area contributed by atoms with Crippen LogP contribution in [-0.4, -0.2) is 0 Å². The number of aryl methyl sites for hydroxylation is 2. The molecule has 0 aliphatic rings. The Morgan fingerprint density at radius 1 is 0.750 bits per heavy atom. The van der Waals surface area contributed by atoms with Gasteiger partial charge in [0.1, 0.15) is 0 Å². The van der Waals surface area contributed by atoms with Gasteiger partial charge in [-0.1, -0.05) is 49.2 Å². The minimum absolute atomic E-state index is 0. The van der Waals surface area contributed by atoms with Gasteiger partial charge in [0.05, 0.1) is 0 Å². The minimum atomic E-state index is 0. The number of fused-ring (bicyclic) bond motifs is 3. The molecule has 0 N–H and O–H groups in total. The Bertz CT molecular complexity index is 628. The third-order valence-corrected chi connectivity index (χ3v) is 3.65. The molecule has 0 aromatic heterocycles. The summed E-state index contributed by atoms with van der Waals surface area (Å²) in [7, 11) is 0. The summed E-state index contributed by atoms with van der Waals surface area (Å²) in [5.41, 5.74) is 2.84. The van der Waals surface area contributed by atoms with Crippen molar-refractivity contribution in [1.29, 1.82) is 0 Å². The quantitative estimate of drug-likeness (QED) is 0.498. The SMILES string of the molecule is CCc1ccc2c(c1)[cH-]c1cc(CC)ccc12.Cl.Cl.[Zr]. The maximum Gasteiger partial charge on any atom is 0 e. The van der Waals surface area contributed by atoms with Gasteiger partial charge in [0.15, 0.2) is 0 Å². The van der Waals surface area contributed by atoms with Gasteiger partial charge in [0, 0.05) is 26.2 Å². The summed E-state index contributed by atoms with van der Waals surface area (Å²) in [5, 5.41) is 5.54. The number of halogens is 2. The molecule has 0 atom stereocenters. The van der Waals surface area contributed by atoms with Crippen molar-refractivity contribution in [2.24, 2.45) is 0 Å². The smallest absolute Gasteiger partial charge is 0 e. The van der Waals surface area contributed by atoms with Gasteiger partial charge in [-0.2, -0.15) is 0 Å². The molecule has 106 valence electrons. The van der Waals surface area contributed by atoms with Crippen LogP contribution in [0, 0.1) is 0 Å². The maximum absolute atomic E-state index is 2.32. The number of hydrogen-bond acceptors (Lipinski definition) is 0. The normalized spacial score (nSPS) is 9.70. The van der Waals surface area contributed by atoms with Crippen LogP contribution in [0.4, 0.5) is 0 Å². The van der Waals surface area contributed by atoms with E-state index in [1.807, 2.05) is 0 Å². The second-order valence-corrected chi connectivity index (χ2v) is 4.69. The van der Waals surface area contributed by atoms with E-state index in [0.29, 0.717) is 0 Å². The van der Waals surface area contributed by atoms with Crippen LogP contribution in [0.5, 0.6) is 0 Å². The standard InChI is InChI=1S/C17H17.2ClH.Zr/c1-3-12-5-7-16-14(9-12)11-15-10-13(4-2)6-8-17(15)16;;;/h5-11H,3-4H2,1-2H3;2*1H;/q-1;;;. The van der Waals surface area contributed by atoms with Crippen LogP contribution in [0.2, 0.25) is 0 Å². The summed E-state index contributed by atoms with van der Waals surface area (Å²) >= 11 is 0. The molecule has 0 radical (unpaired) electrons. The second-order valence-electron chi connectivity index (χ2n) is 4.69. The molecule has 0 amide bonds. The third-order valence-electron chi connectivity index (χ3n) is 3.65. The van der Waals surface area contributed by atoms with E-state index in [0.717, 1.165) is 12.8 Å². The van der Waals surface area contributed by atoms with Crippen molar-refractivity contribution in [1.82, 2.24) is 0 Å². The Balaban J connectivity index is 0.00000120. The van der Waals surface area contributed by atoms with Crippen LogP contribution < -0.4 is 0 Å². The maximum atomic E-state index is 2.32. The Kier molecular flexibility index (Phi) is 8.18. The average Bonchev–Trinajstić information content (AvgIpc) is 2.74. The van der Waals surface area contributed by atoms with E-state index in [9.17, 15) is 0 Å². The molecule has 0 fully saturated rings. The van der Waals surface area contributed by atoms with E-state index < -0.39 is 0 Å². The molecule has 0 aliphatic heterocycles. The van der Waals surface area contributed by atoms with E-state index >= 15 is 0 Å². The number of hydrogen-bond donors (Lipinski definition) is 0. The van der Waals surface area contributed by atoms with Crippen LogP contribution >= 0.6 is 24.8 Å². The van der Waals surface area contributed by atoms with Crippen molar-refractivity contribution in [3.63, 3.8) is 0 Å². The molecule has 3 aromatic rings. The molecule has 0 saturated carbocycles. The molecular weight excluding hydrogens is 366 g/mol. The van der Waals surface area contributed by atoms with Gasteiger partial charge in [-0.15, -0.1) is 64.6 Å². The predicted molar refractivity (Wildman–Crippen MR) is 90.3 cm³/mol. The molecule has 0 spiro atoms. The van der Waals surface area contributed by atoms with E-state index in [-0.39, 0.29) is 51.0 Å². The molecule has 3 heteroatoms. The summed E-state index contributed by atoms with van der Waals surface area (Å²) in [6.45, 7) is 4.41. The van der Waals surface area contributed by atoms with Gasteiger partial charge in [-0.3, -0.25) is 0 Å². The van der Waals surface area contributed by atoms with Gasteiger partial charge in [-0.25, -0.2) is 0 Å². The van der Waals surface area contributed by atoms with Crippen LogP contribution in [-0.2, 0) is 39.0 Å². The van der Waals surface area contributed by atoms with Crippen LogP contribution in [0.25, 0.3) is 21.5 Å². The molecule has 0 bridgehead atoms. The van der Waals surface area contributed by atoms with Crippen LogP contribution in [0.15, 0.2) is 42.5 Å². The van der Waals surface area contributed by atoms with Crippen molar-refractivity contribution in [2.75, 3.05) is 0 Å². The van der Waals surface area contributed by atoms with E-state index in [2.05, 4.69) is 56.3 Å². The van der Waals surface area contributed by atoms with Crippen molar-refractivity contribution >= 4 is 46.4 Å². The Hall–Kier alpha value is -0.227. The van der Waals surface area contributed by atoms with Crippen molar-refractivity contribution in [2.45, 2.75) is 26.7 Å². The van der Waals surface area contributed by atoms with Crippen molar-refractivity contribution < 1.29 is 26.2 Å². The molecule has 0 heterocycles. The van der Waals surface area contributed by atoms with Gasteiger partial charge in [0.25, 0.3) is 0 Å². The fourth-order valence-electron chi connectivity index (χ4n) is 2.56. The zero-order valence-electron chi connectivity index (χ0n) is 11.8. The fraction of sp³-hybridized carbons (Fsp3) is 0.235. The Labute approximate surface area is 152 Å². The number of rotatable bonds is 2. The molecular formula is C17H19Cl2Zr-. The first-order chi connectivity index (χ1) is 8.31.